The maximum atomic E-state index is 8.36. The maximum absolute atomic E-state index is 8.36. The Morgan fingerprint density at radius 1 is 1.25 bits per heavy atom. The van der Waals surface area contributed by atoms with Gasteiger partial charge in [0.25, 0.3) is 5.09 Å². The molecule has 0 unspecified atom stereocenters. The molecule has 0 bridgehead atoms. The summed E-state index contributed by atoms with van der Waals surface area (Å²) in [6, 6.07) is 0. The normalized spacial score (nSPS) is 4.50. The molecule has 0 aliphatic rings. The predicted molar refractivity (Wildman–Crippen MR) is 25.5 cm³/mol. The second-order valence-corrected chi connectivity index (χ2v) is 0.238. The van der Waals surface area contributed by atoms with Crippen LogP contribution in [0.25, 0.3) is 0 Å². The van der Waals surface area contributed by atoms with E-state index in [0.717, 1.165) is 0 Å². The largest absolute Gasteiger partial charge is 0.328 e. The van der Waals surface area contributed by atoms with Gasteiger partial charge in [-0.3, -0.25) is 23.4 Å². The van der Waals surface area contributed by atoms with Crippen LogP contribution in [0.1, 0.15) is 0 Å². The third-order valence-electron chi connectivity index (χ3n) is 0. The lowest BCUT2D eigenvalue weighted by Gasteiger charge is -1.56. The van der Waals surface area contributed by atoms with Crippen molar-refractivity contribution in [3.05, 3.63) is 10.1 Å². The monoisotopic (exact) mass is 127 g/mol. The highest BCUT2D eigenvalue weighted by atomic mass is 16.9. The van der Waals surface area contributed by atoms with Crippen molar-refractivity contribution < 1.29 is 10.3 Å². The third-order valence-corrected chi connectivity index (χ3v) is 0. The van der Waals surface area contributed by atoms with E-state index >= 15 is 0 Å². The molecule has 0 rings (SSSR count). The molecule has 9 N–H and O–H groups in total. The first kappa shape index (κ1) is 15.7. The van der Waals surface area contributed by atoms with Crippen molar-refractivity contribution >= 4 is 0 Å². The summed E-state index contributed by atoms with van der Waals surface area (Å²) in [5, 5.41) is 13.6. The van der Waals surface area contributed by atoms with E-state index in [0.29, 0.717) is 0 Å². The minimum Gasteiger partial charge on any atom is -0.328 e. The van der Waals surface area contributed by atoms with Gasteiger partial charge >= 0.3 is 0 Å². The van der Waals surface area contributed by atoms with E-state index in [2.05, 4.69) is 23.4 Å². The fourth-order valence-electron chi connectivity index (χ4n) is 0. The van der Waals surface area contributed by atoms with Crippen molar-refractivity contribution in [2.24, 2.45) is 23.4 Å². The summed E-state index contributed by atoms with van der Waals surface area (Å²) in [6.07, 6.45) is 0. The van der Waals surface area contributed by atoms with E-state index in [4.69, 9.17) is 15.3 Å². The van der Waals surface area contributed by atoms with Crippen LogP contribution >= 0.6 is 0 Å². The van der Waals surface area contributed by atoms with E-state index in [1.54, 1.807) is 0 Å². The zero-order chi connectivity index (χ0) is 7.58. The van der Waals surface area contributed by atoms with Gasteiger partial charge in [0.05, 0.1) is 0 Å². The van der Waals surface area contributed by atoms with Crippen molar-refractivity contribution in [2.45, 2.75) is 0 Å². The van der Waals surface area contributed by atoms with Gasteiger partial charge < -0.3 is 5.21 Å². The van der Waals surface area contributed by atoms with Gasteiger partial charge in [0, 0.05) is 0 Å². The molecule has 0 amide bonds. The lowest BCUT2D eigenvalue weighted by atomic mass is 13.0. The summed E-state index contributed by atoms with van der Waals surface area (Å²) < 4.78 is 0. The first-order chi connectivity index (χ1) is 3.73. The number of hydrogen-bond donors (Lipinski definition) is 5. The quantitative estimate of drug-likeness (QED) is 0.134. The molecule has 0 aliphatic carbocycles. The van der Waals surface area contributed by atoms with Crippen LogP contribution in [0, 0.1) is 10.1 Å². The highest BCUT2D eigenvalue weighted by Gasteiger charge is 1.65. The summed E-state index contributed by atoms with van der Waals surface area (Å²) in [6.45, 7) is 0. The van der Waals surface area contributed by atoms with Crippen LogP contribution in [0.15, 0.2) is 0 Å². The Labute approximate surface area is 45.1 Å². The van der Waals surface area contributed by atoms with Gasteiger partial charge in [-0.2, -0.15) is 0 Å². The van der Waals surface area contributed by atoms with Crippen LogP contribution in [-0.2, 0) is 0 Å². The molecule has 0 atom stereocenters. The Balaban J connectivity index is -0.0000000542. The molecule has 0 heterocycles. The molecule has 0 aromatic carbocycles. The van der Waals surface area contributed by atoms with Crippen molar-refractivity contribution in [3.63, 3.8) is 0 Å². The highest BCUT2D eigenvalue weighted by Crippen LogP contribution is 1.38. The van der Waals surface area contributed by atoms with Crippen molar-refractivity contribution in [3.8, 4) is 0 Å². The Bertz CT molecular complexity index is 30.7. The summed E-state index contributed by atoms with van der Waals surface area (Å²) in [5.41, 5.74) is 0. The van der Waals surface area contributed by atoms with Crippen LogP contribution in [0.3, 0.4) is 0 Å². The third kappa shape index (κ3) is 89.3. The first-order valence-electron chi connectivity index (χ1n) is 1.23. The molecule has 8 heavy (non-hydrogen) atoms. The fourth-order valence-corrected chi connectivity index (χ4v) is 0. The molecule has 0 aliphatic heterocycles. The summed E-state index contributed by atoms with van der Waals surface area (Å²) in [5.74, 6) is 16.0. The first-order valence-corrected chi connectivity index (χ1v) is 1.23. The molecule has 0 aromatic rings. The molecule has 0 fully saturated rings. The number of hydrogen-bond acceptors (Lipinski definition) is 6. The molecular formula is H9N5O3. The van der Waals surface area contributed by atoms with E-state index in [-0.39, 0.29) is 0 Å². The second-order valence-electron chi connectivity index (χ2n) is 0.238. The average molecular weight is 127 g/mol. The molecule has 0 aromatic heterocycles. The number of nitrogens with two attached hydrogens (primary N) is 4. The zero-order valence-corrected chi connectivity index (χ0v) is 4.02. The van der Waals surface area contributed by atoms with Gasteiger partial charge in [-0.25, -0.2) is 0 Å². The van der Waals surface area contributed by atoms with Gasteiger partial charge in [0.1, 0.15) is 0 Å². The maximum Gasteiger partial charge on any atom is 0.291 e. The minimum atomic E-state index is -1.50. The summed E-state index contributed by atoms with van der Waals surface area (Å²) >= 11 is 0. The molecule has 0 spiro atoms. The van der Waals surface area contributed by atoms with E-state index in [1.165, 1.54) is 0 Å². The van der Waals surface area contributed by atoms with Crippen LogP contribution in [0.2, 0.25) is 0 Å². The molecule has 0 saturated carbocycles. The second kappa shape index (κ2) is 36.9. The topological polar surface area (TPSA) is 167 Å². The lowest BCUT2D eigenvalue weighted by molar-refractivity contribution is -0.742. The SMILES string of the molecule is NN.NN.O=[N+]([O-])O. The lowest BCUT2D eigenvalue weighted by Crippen LogP contribution is -2.02. The Hall–Kier alpha value is -0.960. The van der Waals surface area contributed by atoms with E-state index in [1.807, 2.05) is 0 Å². The molecule has 8 nitrogen and oxygen atoms in total. The van der Waals surface area contributed by atoms with E-state index < -0.39 is 5.09 Å². The fraction of sp³-hybridized carbons (Fsp3) is 0. The van der Waals surface area contributed by atoms with E-state index in [9.17, 15) is 0 Å². The zero-order valence-electron chi connectivity index (χ0n) is 4.02. The number of rotatable bonds is 0. The standard InChI is InChI=1S/2H4N2.HNO3/c2*1-2;2-1(3)4/h2*1-2H2;(H,2,3,4). The van der Waals surface area contributed by atoms with Gasteiger partial charge in [-0.15, -0.1) is 10.1 Å². The minimum absolute atomic E-state index is 1.50. The Morgan fingerprint density at radius 3 is 1.25 bits per heavy atom. The van der Waals surface area contributed by atoms with Crippen molar-refractivity contribution in [1.29, 1.82) is 0 Å². The number of nitrogens with zero attached hydrogens (tertiary/aromatic N) is 1. The van der Waals surface area contributed by atoms with Crippen molar-refractivity contribution in [1.82, 2.24) is 0 Å². The summed E-state index contributed by atoms with van der Waals surface area (Å²) in [4.78, 5) is 8.36. The van der Waals surface area contributed by atoms with Crippen LogP contribution in [-0.4, -0.2) is 10.3 Å². The van der Waals surface area contributed by atoms with Crippen LogP contribution in [0.5, 0.6) is 0 Å². The predicted octanol–water partition coefficient (Wildman–Crippen LogP) is -2.71. The highest BCUT2D eigenvalue weighted by molar-refractivity contribution is 3.83. The number of hydrazine groups is 2. The van der Waals surface area contributed by atoms with Gasteiger partial charge in [0.15, 0.2) is 0 Å². The smallest absolute Gasteiger partial charge is 0.291 e. The van der Waals surface area contributed by atoms with Crippen LogP contribution < -0.4 is 23.4 Å². The van der Waals surface area contributed by atoms with Gasteiger partial charge in [0.2, 0.25) is 0 Å². The Morgan fingerprint density at radius 2 is 1.25 bits per heavy atom. The van der Waals surface area contributed by atoms with Crippen LogP contribution in [0.4, 0.5) is 0 Å². The van der Waals surface area contributed by atoms with Gasteiger partial charge in [-0.05, 0) is 0 Å². The molecular weight excluding hydrogens is 118 g/mol. The molecule has 8 heteroatoms. The summed E-state index contributed by atoms with van der Waals surface area (Å²) in [7, 11) is 0. The Kier molecular flexibility index (Phi) is 72.5. The average Bonchev–Trinajstić information content (AvgIpc) is 1.75. The van der Waals surface area contributed by atoms with Crippen molar-refractivity contribution in [2.75, 3.05) is 0 Å². The van der Waals surface area contributed by atoms with Gasteiger partial charge in [-0.1, -0.05) is 0 Å². The molecule has 0 saturated heterocycles. The molecule has 52 valence electrons. The molecule has 0 radical (unpaired) electrons.